The number of rotatable bonds is 4. The maximum Gasteiger partial charge on any atom is 0.344 e. The van der Waals surface area contributed by atoms with E-state index in [1.165, 1.54) is 12.1 Å². The normalized spacial score (nSPS) is 17.0. The van der Waals surface area contributed by atoms with Crippen LogP contribution in [0, 0.1) is 10.1 Å². The molecule has 1 aliphatic rings. The molecule has 0 saturated carbocycles. The molecule has 9 nitrogen and oxygen atoms in total. The van der Waals surface area contributed by atoms with Gasteiger partial charge in [-0.2, -0.15) is 5.10 Å². The van der Waals surface area contributed by atoms with Crippen molar-refractivity contribution in [2.75, 3.05) is 6.54 Å². The van der Waals surface area contributed by atoms with Gasteiger partial charge < -0.3 is 4.42 Å². The summed E-state index contributed by atoms with van der Waals surface area (Å²) in [5.41, 5.74) is -1.17. The van der Waals surface area contributed by atoms with E-state index in [0.717, 1.165) is 11.2 Å². The molecule has 1 N–H and O–H groups in total. The second kappa shape index (κ2) is 5.72. The van der Waals surface area contributed by atoms with Gasteiger partial charge in [0, 0.05) is 17.6 Å². The lowest BCUT2D eigenvalue weighted by molar-refractivity contribution is -0.384. The zero-order chi connectivity index (χ0) is 19.9. The maximum atomic E-state index is 11.4. The van der Waals surface area contributed by atoms with Gasteiger partial charge in [-0.15, -0.1) is 0 Å². The topological polar surface area (TPSA) is 118 Å². The summed E-state index contributed by atoms with van der Waals surface area (Å²) >= 11 is 0. The molecule has 1 aromatic carbocycles. The molecule has 0 unspecified atom stereocenters. The number of nitro groups is 1. The molecule has 116 valence electrons. The number of benzene rings is 1. The predicted molar refractivity (Wildman–Crippen MR) is 78.6 cm³/mol. The molecule has 0 radical (unpaired) electrons. The zero-order valence-corrected chi connectivity index (χ0v) is 11.3. The number of hydrogen-bond acceptors (Lipinski definition) is 6. The number of nitrogens with zero attached hydrogens (tertiary/aromatic N) is 3. The molecule has 3 amide bonds. The number of urea groups is 1. The average molecular weight is 318 g/mol. The van der Waals surface area contributed by atoms with Gasteiger partial charge in [0.05, 0.1) is 16.6 Å². The van der Waals surface area contributed by atoms with Crippen LogP contribution in [0.3, 0.4) is 0 Å². The highest BCUT2D eigenvalue weighted by atomic mass is 16.6. The van der Waals surface area contributed by atoms with Gasteiger partial charge in [0.1, 0.15) is 18.1 Å². The third kappa shape index (κ3) is 3.07. The van der Waals surface area contributed by atoms with E-state index in [9.17, 15) is 19.7 Å². The number of nitro benzene ring substituents is 1. The Morgan fingerprint density at radius 1 is 1.35 bits per heavy atom. The summed E-state index contributed by atoms with van der Waals surface area (Å²) in [4.78, 5) is 32.4. The third-order valence-corrected chi connectivity index (χ3v) is 2.77. The molecular formula is C14H10N4O5. The van der Waals surface area contributed by atoms with Crippen molar-refractivity contribution in [1.82, 2.24) is 10.3 Å². The van der Waals surface area contributed by atoms with Crippen molar-refractivity contribution in [2.45, 2.75) is 0 Å². The standard InChI is InChI=1S/C14H10N4O5/c19-13-8-17(14(20)16-13)15-7-11-5-6-12(23-11)9-1-3-10(4-2-9)18(21)22/h1-7H,8H2,(H,16,19,20)/i1D,2D,3D,4D. The fourth-order valence-electron chi connectivity index (χ4n) is 1.73. The summed E-state index contributed by atoms with van der Waals surface area (Å²) in [6, 6.07) is -0.799. The molecule has 23 heavy (non-hydrogen) atoms. The van der Waals surface area contributed by atoms with Gasteiger partial charge in [0.2, 0.25) is 5.91 Å². The number of carbonyl (C=O) groups is 2. The Labute approximate surface area is 135 Å². The lowest BCUT2D eigenvalue weighted by atomic mass is 10.1. The fraction of sp³-hybridized carbons (Fsp3) is 0.0714. The molecular weight excluding hydrogens is 304 g/mol. The molecule has 1 saturated heterocycles. The largest absolute Gasteiger partial charge is 0.455 e. The summed E-state index contributed by atoms with van der Waals surface area (Å²) in [5.74, 6) is -0.468. The Hall–Kier alpha value is -3.49. The van der Waals surface area contributed by atoms with E-state index in [2.05, 4.69) is 5.10 Å². The van der Waals surface area contributed by atoms with Gasteiger partial charge in [-0.3, -0.25) is 20.2 Å². The second-order valence-electron chi connectivity index (χ2n) is 4.34. The number of furan rings is 1. The highest BCUT2D eigenvalue weighted by Gasteiger charge is 2.26. The molecule has 1 aromatic heterocycles. The van der Waals surface area contributed by atoms with E-state index >= 15 is 0 Å². The van der Waals surface area contributed by atoms with Crippen molar-refractivity contribution < 1.29 is 24.4 Å². The number of hydrazone groups is 1. The van der Waals surface area contributed by atoms with Crippen molar-refractivity contribution in [3.05, 3.63) is 52.2 Å². The first kappa shape index (κ1) is 10.3. The van der Waals surface area contributed by atoms with Crippen LogP contribution in [-0.2, 0) is 4.79 Å². The van der Waals surface area contributed by atoms with E-state index < -0.39 is 46.7 Å². The van der Waals surface area contributed by atoms with Crippen molar-refractivity contribution >= 4 is 23.8 Å². The Morgan fingerprint density at radius 2 is 2.09 bits per heavy atom. The third-order valence-electron chi connectivity index (χ3n) is 2.77. The average Bonchev–Trinajstić information content (AvgIpc) is 3.17. The number of imide groups is 1. The molecule has 1 aliphatic heterocycles. The summed E-state index contributed by atoms with van der Waals surface area (Å²) in [6.07, 6.45) is 1.13. The molecule has 0 spiro atoms. The van der Waals surface area contributed by atoms with Crippen LogP contribution in [0.2, 0.25) is 0 Å². The van der Waals surface area contributed by atoms with Crippen molar-refractivity contribution in [3.63, 3.8) is 0 Å². The van der Waals surface area contributed by atoms with Crippen LogP contribution in [-0.4, -0.2) is 34.6 Å². The molecule has 1 fully saturated rings. The summed E-state index contributed by atoms with van der Waals surface area (Å²) in [6.45, 7) is -0.247. The van der Waals surface area contributed by atoms with Gasteiger partial charge in [-0.25, -0.2) is 9.80 Å². The Kier molecular flexibility index (Phi) is 2.55. The smallest absolute Gasteiger partial charge is 0.344 e. The van der Waals surface area contributed by atoms with Crippen LogP contribution >= 0.6 is 0 Å². The minimum atomic E-state index is -0.979. The van der Waals surface area contributed by atoms with E-state index in [-0.39, 0.29) is 23.6 Å². The van der Waals surface area contributed by atoms with Crippen LogP contribution < -0.4 is 5.32 Å². The highest BCUT2D eigenvalue weighted by molar-refractivity contribution is 6.02. The SMILES string of the molecule is [2H]c1c([2H])c([N+](=O)[O-])c([2H])c([2H])c1-c1ccc(C=NN2CC(=O)NC2=O)o1. The molecule has 0 bridgehead atoms. The molecule has 9 heteroatoms. The number of carbonyl (C=O) groups excluding carboxylic acids is 2. The van der Waals surface area contributed by atoms with E-state index in [1.54, 1.807) is 0 Å². The minimum absolute atomic E-state index is 0.0645. The van der Waals surface area contributed by atoms with Crippen molar-refractivity contribution in [3.8, 4) is 11.3 Å². The Balaban J connectivity index is 1.96. The van der Waals surface area contributed by atoms with Crippen molar-refractivity contribution in [2.24, 2.45) is 5.10 Å². The number of nitrogens with one attached hydrogen (secondary N) is 1. The first-order valence-electron chi connectivity index (χ1n) is 8.21. The van der Waals surface area contributed by atoms with Gasteiger partial charge in [0.15, 0.2) is 0 Å². The lowest BCUT2D eigenvalue weighted by Gasteiger charge is -2.02. The molecule has 0 atom stereocenters. The Bertz CT molecular complexity index is 990. The Morgan fingerprint density at radius 3 is 2.70 bits per heavy atom. The van der Waals surface area contributed by atoms with Crippen molar-refractivity contribution in [1.29, 1.82) is 0 Å². The number of hydrogen-bond donors (Lipinski definition) is 1. The minimum Gasteiger partial charge on any atom is -0.455 e. The fourth-order valence-corrected chi connectivity index (χ4v) is 1.73. The van der Waals surface area contributed by atoms with Gasteiger partial charge in [-0.05, 0) is 24.2 Å². The maximum absolute atomic E-state index is 11.4. The summed E-state index contributed by atoms with van der Waals surface area (Å²) in [5, 5.41) is 17.6. The second-order valence-corrected chi connectivity index (χ2v) is 4.34. The van der Waals surface area contributed by atoms with Crippen LogP contribution in [0.4, 0.5) is 10.5 Å². The molecule has 0 aliphatic carbocycles. The van der Waals surface area contributed by atoms with E-state index in [0.29, 0.717) is 0 Å². The predicted octanol–water partition coefficient (Wildman–Crippen LogP) is 1.74. The summed E-state index contributed by atoms with van der Waals surface area (Å²) in [7, 11) is 0. The van der Waals surface area contributed by atoms with E-state index in [4.69, 9.17) is 9.90 Å². The van der Waals surface area contributed by atoms with Crippen LogP contribution in [0.5, 0.6) is 0 Å². The monoisotopic (exact) mass is 318 g/mol. The zero-order valence-electron chi connectivity index (χ0n) is 15.3. The lowest BCUT2D eigenvalue weighted by Crippen LogP contribution is -2.24. The van der Waals surface area contributed by atoms with E-state index in [1.807, 2.05) is 5.32 Å². The summed E-state index contributed by atoms with van der Waals surface area (Å²) < 4.78 is 36.6. The molecule has 3 rings (SSSR count). The first-order chi connectivity index (χ1) is 12.7. The molecule has 2 aromatic rings. The van der Waals surface area contributed by atoms with Gasteiger partial charge >= 0.3 is 6.03 Å². The van der Waals surface area contributed by atoms with Crippen LogP contribution in [0.15, 0.2) is 45.8 Å². The quantitative estimate of drug-likeness (QED) is 0.398. The first-order valence-corrected chi connectivity index (χ1v) is 6.21. The number of amides is 3. The van der Waals surface area contributed by atoms with Crippen LogP contribution in [0.1, 0.15) is 11.2 Å². The van der Waals surface area contributed by atoms with Gasteiger partial charge in [-0.1, -0.05) is 0 Å². The van der Waals surface area contributed by atoms with Gasteiger partial charge in [0.25, 0.3) is 5.69 Å². The van der Waals surface area contributed by atoms with Crippen LogP contribution in [0.25, 0.3) is 11.3 Å². The highest BCUT2D eigenvalue weighted by Crippen LogP contribution is 2.24. The molecule has 2 heterocycles.